The summed E-state index contributed by atoms with van der Waals surface area (Å²) in [6.07, 6.45) is 2.29. The summed E-state index contributed by atoms with van der Waals surface area (Å²) in [5, 5.41) is 0. The van der Waals surface area contributed by atoms with E-state index in [9.17, 15) is 9.59 Å². The summed E-state index contributed by atoms with van der Waals surface area (Å²) in [5.74, 6) is -1.01. The van der Waals surface area contributed by atoms with Crippen molar-refractivity contribution in [2.75, 3.05) is 21.3 Å². The van der Waals surface area contributed by atoms with Crippen LogP contribution in [0.3, 0.4) is 0 Å². The van der Waals surface area contributed by atoms with Crippen LogP contribution in [0.4, 0.5) is 0 Å². The fourth-order valence-corrected chi connectivity index (χ4v) is 2.20. The lowest BCUT2D eigenvalue weighted by atomic mass is 9.73. The molecule has 16 heavy (non-hydrogen) atoms. The number of carbonyl (C=O) groups is 2. The summed E-state index contributed by atoms with van der Waals surface area (Å²) in [6, 6.07) is 0. The van der Waals surface area contributed by atoms with E-state index in [-0.39, 0.29) is 6.10 Å². The second kappa shape index (κ2) is 5.30. The monoisotopic (exact) mass is 230 g/mol. The normalized spacial score (nSPS) is 20.2. The molecular formula is C11H18O5. The Bertz CT molecular complexity index is 248. The highest BCUT2D eigenvalue weighted by Gasteiger charge is 2.50. The van der Waals surface area contributed by atoms with Crippen LogP contribution in [0.2, 0.25) is 0 Å². The molecule has 0 aromatic carbocycles. The van der Waals surface area contributed by atoms with Gasteiger partial charge in [-0.3, -0.25) is 9.59 Å². The minimum Gasteiger partial charge on any atom is -0.468 e. The molecule has 1 aliphatic carbocycles. The van der Waals surface area contributed by atoms with Gasteiger partial charge in [0.2, 0.25) is 0 Å². The first-order chi connectivity index (χ1) is 7.60. The Morgan fingerprint density at radius 3 is 1.75 bits per heavy atom. The number of hydrogen-bond donors (Lipinski definition) is 0. The number of hydrogen-bond acceptors (Lipinski definition) is 5. The van der Waals surface area contributed by atoms with Crippen molar-refractivity contribution in [3.8, 4) is 0 Å². The molecule has 0 unspecified atom stereocenters. The van der Waals surface area contributed by atoms with E-state index in [0.29, 0.717) is 25.7 Å². The van der Waals surface area contributed by atoms with Crippen LogP contribution in [-0.2, 0) is 23.8 Å². The van der Waals surface area contributed by atoms with Gasteiger partial charge >= 0.3 is 11.9 Å². The van der Waals surface area contributed by atoms with E-state index in [1.807, 2.05) is 0 Å². The summed E-state index contributed by atoms with van der Waals surface area (Å²) < 4.78 is 14.6. The lowest BCUT2D eigenvalue weighted by Crippen LogP contribution is -2.45. The van der Waals surface area contributed by atoms with Gasteiger partial charge in [-0.05, 0) is 25.7 Å². The fraction of sp³-hybridized carbons (Fsp3) is 0.818. The van der Waals surface area contributed by atoms with Gasteiger partial charge < -0.3 is 14.2 Å². The molecule has 1 saturated carbocycles. The molecule has 0 atom stereocenters. The van der Waals surface area contributed by atoms with Gasteiger partial charge in [0, 0.05) is 7.11 Å². The average molecular weight is 230 g/mol. The van der Waals surface area contributed by atoms with Gasteiger partial charge in [-0.25, -0.2) is 0 Å². The predicted molar refractivity (Wildman–Crippen MR) is 55.7 cm³/mol. The maximum absolute atomic E-state index is 11.7. The molecular weight excluding hydrogens is 212 g/mol. The summed E-state index contributed by atoms with van der Waals surface area (Å²) in [6.45, 7) is 0. The molecule has 1 aliphatic rings. The molecule has 1 rings (SSSR count). The van der Waals surface area contributed by atoms with Crippen molar-refractivity contribution < 1.29 is 23.8 Å². The van der Waals surface area contributed by atoms with Crippen molar-refractivity contribution in [3.63, 3.8) is 0 Å². The highest BCUT2D eigenvalue weighted by atomic mass is 16.5. The second-order valence-electron chi connectivity index (χ2n) is 4.00. The summed E-state index contributed by atoms with van der Waals surface area (Å²) in [4.78, 5) is 23.4. The lowest BCUT2D eigenvalue weighted by molar-refractivity contribution is -0.173. The third kappa shape index (κ3) is 2.19. The summed E-state index contributed by atoms with van der Waals surface area (Å²) in [7, 11) is 4.21. The maximum atomic E-state index is 11.7. The largest absolute Gasteiger partial charge is 0.468 e. The van der Waals surface area contributed by atoms with E-state index in [4.69, 9.17) is 14.2 Å². The zero-order valence-corrected chi connectivity index (χ0v) is 9.95. The minimum absolute atomic E-state index is 0.113. The molecule has 0 radical (unpaired) electrons. The number of esters is 2. The predicted octanol–water partition coefficient (Wildman–Crippen LogP) is 0.908. The van der Waals surface area contributed by atoms with Crippen molar-refractivity contribution in [1.29, 1.82) is 0 Å². The quantitative estimate of drug-likeness (QED) is 0.532. The topological polar surface area (TPSA) is 61.8 Å². The molecule has 0 N–H and O–H groups in total. The van der Waals surface area contributed by atoms with Crippen LogP contribution in [-0.4, -0.2) is 39.4 Å². The van der Waals surface area contributed by atoms with E-state index >= 15 is 0 Å². The third-order valence-electron chi connectivity index (χ3n) is 3.27. The minimum atomic E-state index is -1.13. The molecule has 5 nitrogen and oxygen atoms in total. The van der Waals surface area contributed by atoms with Gasteiger partial charge in [0.15, 0.2) is 5.41 Å². The van der Waals surface area contributed by atoms with E-state index in [2.05, 4.69) is 0 Å². The zero-order valence-electron chi connectivity index (χ0n) is 9.95. The Labute approximate surface area is 95.0 Å². The Morgan fingerprint density at radius 2 is 1.44 bits per heavy atom. The first-order valence-electron chi connectivity index (χ1n) is 5.30. The molecule has 0 saturated heterocycles. The highest BCUT2D eigenvalue weighted by Crippen LogP contribution is 2.39. The number of carbonyl (C=O) groups excluding carboxylic acids is 2. The molecule has 1 fully saturated rings. The SMILES string of the molecule is COC(=O)C1(C(=O)OC)CCC(OC)CC1. The van der Waals surface area contributed by atoms with E-state index in [1.165, 1.54) is 14.2 Å². The molecule has 0 aliphatic heterocycles. The highest BCUT2D eigenvalue weighted by molar-refractivity contribution is 6.00. The lowest BCUT2D eigenvalue weighted by Gasteiger charge is -2.34. The van der Waals surface area contributed by atoms with Crippen LogP contribution in [0.5, 0.6) is 0 Å². The van der Waals surface area contributed by atoms with Crippen LogP contribution >= 0.6 is 0 Å². The van der Waals surface area contributed by atoms with Crippen molar-refractivity contribution in [1.82, 2.24) is 0 Å². The van der Waals surface area contributed by atoms with Gasteiger partial charge in [0.05, 0.1) is 20.3 Å². The average Bonchev–Trinajstić information content (AvgIpc) is 2.36. The first-order valence-corrected chi connectivity index (χ1v) is 5.30. The standard InChI is InChI=1S/C11H18O5/c1-14-8-4-6-11(7-5-8,9(12)15-2)10(13)16-3/h8H,4-7H2,1-3H3. The van der Waals surface area contributed by atoms with Crippen molar-refractivity contribution >= 4 is 11.9 Å². The van der Waals surface area contributed by atoms with Crippen LogP contribution in [0.25, 0.3) is 0 Å². The summed E-state index contributed by atoms with van der Waals surface area (Å²) in [5.41, 5.74) is -1.13. The van der Waals surface area contributed by atoms with Gasteiger partial charge in [-0.2, -0.15) is 0 Å². The van der Waals surface area contributed by atoms with Crippen LogP contribution < -0.4 is 0 Å². The zero-order chi connectivity index (χ0) is 12.2. The Hall–Kier alpha value is -1.10. The van der Waals surface area contributed by atoms with Gasteiger partial charge in [0.1, 0.15) is 0 Å². The van der Waals surface area contributed by atoms with Crippen molar-refractivity contribution in [2.45, 2.75) is 31.8 Å². The van der Waals surface area contributed by atoms with Gasteiger partial charge in [-0.15, -0.1) is 0 Å². The van der Waals surface area contributed by atoms with E-state index in [1.54, 1.807) is 7.11 Å². The van der Waals surface area contributed by atoms with Crippen LogP contribution in [0.15, 0.2) is 0 Å². The molecule has 0 amide bonds. The molecule has 0 aromatic rings. The molecule has 0 bridgehead atoms. The summed E-state index contributed by atoms with van der Waals surface area (Å²) >= 11 is 0. The number of ether oxygens (including phenoxy) is 3. The van der Waals surface area contributed by atoms with Crippen molar-refractivity contribution in [2.24, 2.45) is 5.41 Å². The van der Waals surface area contributed by atoms with Crippen LogP contribution in [0.1, 0.15) is 25.7 Å². The van der Waals surface area contributed by atoms with E-state index < -0.39 is 17.4 Å². The molecule has 0 aromatic heterocycles. The Kier molecular flexibility index (Phi) is 4.29. The van der Waals surface area contributed by atoms with E-state index in [0.717, 1.165) is 0 Å². The number of rotatable bonds is 3. The van der Waals surface area contributed by atoms with Crippen molar-refractivity contribution in [3.05, 3.63) is 0 Å². The molecule has 92 valence electrons. The Balaban J connectivity index is 2.83. The van der Waals surface area contributed by atoms with Gasteiger partial charge in [0.25, 0.3) is 0 Å². The van der Waals surface area contributed by atoms with Crippen LogP contribution in [0, 0.1) is 5.41 Å². The van der Waals surface area contributed by atoms with Gasteiger partial charge in [-0.1, -0.05) is 0 Å². The fourth-order valence-electron chi connectivity index (χ4n) is 2.20. The maximum Gasteiger partial charge on any atom is 0.323 e. The first kappa shape index (κ1) is 13.0. The third-order valence-corrected chi connectivity index (χ3v) is 3.27. The molecule has 5 heteroatoms. The second-order valence-corrected chi connectivity index (χ2v) is 4.00. The smallest absolute Gasteiger partial charge is 0.323 e. The molecule has 0 heterocycles. The Morgan fingerprint density at radius 1 is 1.00 bits per heavy atom. The molecule has 0 spiro atoms. The number of methoxy groups -OCH3 is 3.